The average Bonchev–Trinajstić information content (AvgIpc) is 2.01. The maximum Gasteiger partial charge on any atom is 0.123 e. The van der Waals surface area contributed by atoms with Crippen LogP contribution < -0.4 is 9.47 Å². The lowest BCUT2D eigenvalue weighted by atomic mass is 10.2. The number of ether oxygens (including phenoxy) is 2. The summed E-state index contributed by atoms with van der Waals surface area (Å²) in [5, 5.41) is 0. The Balaban J connectivity index is 2.88. The van der Waals surface area contributed by atoms with Crippen molar-refractivity contribution in [2.75, 3.05) is 7.11 Å². The third kappa shape index (κ3) is 2.98. The van der Waals surface area contributed by atoms with E-state index in [2.05, 4.69) is 0 Å². The largest absolute Gasteiger partial charge is 0.497 e. The summed E-state index contributed by atoms with van der Waals surface area (Å²) in [7, 11) is 1.66. The summed E-state index contributed by atoms with van der Waals surface area (Å²) in [4.78, 5) is 0. The van der Waals surface area contributed by atoms with Crippen molar-refractivity contribution >= 4 is 0 Å². The van der Waals surface area contributed by atoms with Crippen LogP contribution in [-0.2, 0) is 0 Å². The third-order valence-corrected chi connectivity index (χ3v) is 1.63. The van der Waals surface area contributed by atoms with Gasteiger partial charge in [-0.25, -0.2) is 0 Å². The van der Waals surface area contributed by atoms with E-state index in [4.69, 9.17) is 9.47 Å². The van der Waals surface area contributed by atoms with E-state index < -0.39 is 0 Å². The quantitative estimate of drug-likeness (QED) is 0.712. The second-order valence-electron chi connectivity index (χ2n) is 3.35. The van der Waals surface area contributed by atoms with E-state index in [-0.39, 0.29) is 6.10 Å². The van der Waals surface area contributed by atoms with Gasteiger partial charge in [-0.3, -0.25) is 0 Å². The predicted molar refractivity (Wildman–Crippen MR) is 53.5 cm³/mol. The molecule has 0 heterocycles. The van der Waals surface area contributed by atoms with Gasteiger partial charge in [0.25, 0.3) is 0 Å². The second-order valence-corrected chi connectivity index (χ2v) is 3.35. The molecule has 0 fully saturated rings. The van der Waals surface area contributed by atoms with Gasteiger partial charge < -0.3 is 9.47 Å². The maximum atomic E-state index is 5.56. The van der Waals surface area contributed by atoms with Crippen molar-refractivity contribution < 1.29 is 9.47 Å². The van der Waals surface area contributed by atoms with Crippen molar-refractivity contribution in [3.05, 3.63) is 23.8 Å². The first-order valence-electron chi connectivity index (χ1n) is 4.44. The highest BCUT2D eigenvalue weighted by atomic mass is 16.5. The van der Waals surface area contributed by atoms with Crippen molar-refractivity contribution in [3.8, 4) is 11.5 Å². The van der Waals surface area contributed by atoms with Crippen LogP contribution in [0.15, 0.2) is 18.2 Å². The molecule has 0 aromatic heterocycles. The molecule has 0 saturated carbocycles. The maximum absolute atomic E-state index is 5.56. The summed E-state index contributed by atoms with van der Waals surface area (Å²) >= 11 is 0. The Bertz CT molecular complexity index is 279. The van der Waals surface area contributed by atoms with Crippen LogP contribution in [0.1, 0.15) is 19.4 Å². The van der Waals surface area contributed by atoms with E-state index in [1.807, 2.05) is 39.0 Å². The number of benzene rings is 1. The molecule has 0 radical (unpaired) electrons. The fourth-order valence-corrected chi connectivity index (χ4v) is 1.17. The summed E-state index contributed by atoms with van der Waals surface area (Å²) in [5.74, 6) is 1.71. The Labute approximate surface area is 79.5 Å². The van der Waals surface area contributed by atoms with E-state index in [0.29, 0.717) is 0 Å². The third-order valence-electron chi connectivity index (χ3n) is 1.63. The van der Waals surface area contributed by atoms with Crippen molar-refractivity contribution in [1.82, 2.24) is 0 Å². The number of rotatable bonds is 3. The first kappa shape index (κ1) is 9.90. The molecule has 0 spiro atoms. The highest BCUT2D eigenvalue weighted by molar-refractivity contribution is 5.37. The monoisotopic (exact) mass is 180 g/mol. The molecular formula is C11H16O2. The average molecular weight is 180 g/mol. The van der Waals surface area contributed by atoms with Gasteiger partial charge in [0, 0.05) is 6.07 Å². The van der Waals surface area contributed by atoms with Crippen LogP contribution in [0.25, 0.3) is 0 Å². The molecule has 0 aliphatic carbocycles. The van der Waals surface area contributed by atoms with Crippen molar-refractivity contribution in [3.63, 3.8) is 0 Å². The van der Waals surface area contributed by atoms with Crippen LogP contribution in [-0.4, -0.2) is 13.2 Å². The lowest BCUT2D eigenvalue weighted by molar-refractivity contribution is 0.241. The van der Waals surface area contributed by atoms with E-state index in [9.17, 15) is 0 Å². The number of hydrogen-bond acceptors (Lipinski definition) is 2. The van der Waals surface area contributed by atoms with E-state index >= 15 is 0 Å². The van der Waals surface area contributed by atoms with Gasteiger partial charge >= 0.3 is 0 Å². The lowest BCUT2D eigenvalue weighted by Gasteiger charge is -2.11. The number of aryl methyl sites for hydroxylation is 1. The molecule has 0 aliphatic heterocycles. The molecule has 2 nitrogen and oxygen atoms in total. The molecule has 72 valence electrons. The SMILES string of the molecule is COc1cc(C)cc(OC(C)C)c1. The molecule has 2 heteroatoms. The van der Waals surface area contributed by atoms with Crippen molar-refractivity contribution in [2.24, 2.45) is 0 Å². The smallest absolute Gasteiger partial charge is 0.123 e. The fraction of sp³-hybridized carbons (Fsp3) is 0.455. The Morgan fingerprint density at radius 3 is 2.23 bits per heavy atom. The zero-order valence-corrected chi connectivity index (χ0v) is 8.63. The molecular weight excluding hydrogens is 164 g/mol. The highest BCUT2D eigenvalue weighted by Gasteiger charge is 2.01. The van der Waals surface area contributed by atoms with Gasteiger partial charge in [0.05, 0.1) is 13.2 Å². The molecule has 0 saturated heterocycles. The summed E-state index contributed by atoms with van der Waals surface area (Å²) in [6.45, 7) is 6.04. The summed E-state index contributed by atoms with van der Waals surface area (Å²) in [5.41, 5.74) is 1.15. The Hall–Kier alpha value is -1.18. The molecule has 1 rings (SSSR count). The van der Waals surface area contributed by atoms with Gasteiger partial charge in [-0.2, -0.15) is 0 Å². The van der Waals surface area contributed by atoms with Crippen LogP contribution in [0, 0.1) is 6.92 Å². The molecule has 0 unspecified atom stereocenters. The highest BCUT2D eigenvalue weighted by Crippen LogP contribution is 2.22. The lowest BCUT2D eigenvalue weighted by Crippen LogP contribution is -2.05. The predicted octanol–water partition coefficient (Wildman–Crippen LogP) is 2.79. The van der Waals surface area contributed by atoms with Crippen LogP contribution in [0.2, 0.25) is 0 Å². The molecule has 0 N–H and O–H groups in total. The molecule has 1 aromatic rings. The Morgan fingerprint density at radius 2 is 1.69 bits per heavy atom. The zero-order valence-electron chi connectivity index (χ0n) is 8.63. The van der Waals surface area contributed by atoms with Gasteiger partial charge in [0.15, 0.2) is 0 Å². The molecule has 13 heavy (non-hydrogen) atoms. The van der Waals surface area contributed by atoms with Gasteiger partial charge in [0.1, 0.15) is 11.5 Å². The van der Waals surface area contributed by atoms with E-state index in [1.54, 1.807) is 7.11 Å². The summed E-state index contributed by atoms with van der Waals surface area (Å²) in [6, 6.07) is 5.88. The molecule has 0 amide bonds. The van der Waals surface area contributed by atoms with Crippen LogP contribution in [0.4, 0.5) is 0 Å². The van der Waals surface area contributed by atoms with E-state index in [1.165, 1.54) is 0 Å². The first-order chi connectivity index (χ1) is 6.11. The van der Waals surface area contributed by atoms with Crippen molar-refractivity contribution in [1.29, 1.82) is 0 Å². The Kier molecular flexibility index (Phi) is 3.18. The first-order valence-corrected chi connectivity index (χ1v) is 4.44. The zero-order chi connectivity index (χ0) is 9.84. The molecule has 0 aliphatic rings. The van der Waals surface area contributed by atoms with Gasteiger partial charge in [0.2, 0.25) is 0 Å². The second kappa shape index (κ2) is 4.17. The summed E-state index contributed by atoms with van der Waals surface area (Å²) in [6.07, 6.45) is 0.200. The number of hydrogen-bond donors (Lipinski definition) is 0. The normalized spacial score (nSPS) is 10.2. The topological polar surface area (TPSA) is 18.5 Å². The van der Waals surface area contributed by atoms with E-state index in [0.717, 1.165) is 17.1 Å². The molecule has 0 atom stereocenters. The minimum Gasteiger partial charge on any atom is -0.497 e. The van der Waals surface area contributed by atoms with Crippen molar-refractivity contribution in [2.45, 2.75) is 26.9 Å². The fourth-order valence-electron chi connectivity index (χ4n) is 1.17. The Morgan fingerprint density at radius 1 is 1.08 bits per heavy atom. The standard InChI is InChI=1S/C11H16O2/c1-8(2)13-11-6-9(3)5-10(7-11)12-4/h5-8H,1-4H3. The minimum atomic E-state index is 0.200. The minimum absolute atomic E-state index is 0.200. The van der Waals surface area contributed by atoms with Gasteiger partial charge in [-0.05, 0) is 38.5 Å². The van der Waals surface area contributed by atoms with Gasteiger partial charge in [-0.15, -0.1) is 0 Å². The number of methoxy groups -OCH3 is 1. The summed E-state index contributed by atoms with van der Waals surface area (Å²) < 4.78 is 10.7. The van der Waals surface area contributed by atoms with Crippen LogP contribution >= 0.6 is 0 Å². The molecule has 0 bridgehead atoms. The van der Waals surface area contributed by atoms with Crippen LogP contribution in [0.5, 0.6) is 11.5 Å². The van der Waals surface area contributed by atoms with Crippen LogP contribution in [0.3, 0.4) is 0 Å². The molecule has 1 aromatic carbocycles. The van der Waals surface area contributed by atoms with Gasteiger partial charge in [-0.1, -0.05) is 0 Å².